The molecule has 0 spiro atoms. The number of aryl methyl sites for hydroxylation is 2. The van der Waals surface area contributed by atoms with E-state index in [1.165, 1.54) is 15.0 Å². The van der Waals surface area contributed by atoms with Gasteiger partial charge in [-0.05, 0) is 111 Å². The zero-order valence-corrected chi connectivity index (χ0v) is 37.3. The highest BCUT2D eigenvalue weighted by Crippen LogP contribution is 2.33. The first-order valence-corrected chi connectivity index (χ1v) is 20.8. The van der Waals surface area contributed by atoms with Crippen molar-refractivity contribution in [2.45, 2.75) is 88.5 Å². The molecule has 2 aliphatic rings. The van der Waals surface area contributed by atoms with E-state index in [-0.39, 0.29) is 11.1 Å². The summed E-state index contributed by atoms with van der Waals surface area (Å²) in [5.41, 5.74) is 8.77. The van der Waals surface area contributed by atoms with Gasteiger partial charge in [-0.2, -0.15) is 24.5 Å². The van der Waals surface area contributed by atoms with Crippen LogP contribution in [0.2, 0.25) is 0 Å². The summed E-state index contributed by atoms with van der Waals surface area (Å²) in [7, 11) is 3.24. The van der Waals surface area contributed by atoms with Gasteiger partial charge in [-0.25, -0.2) is 15.0 Å². The monoisotopic (exact) mass is 820 g/mol. The average molecular weight is 821 g/mol. The van der Waals surface area contributed by atoms with E-state index in [1.54, 1.807) is 21.1 Å². The standard InChI is InChI=1S/C25H35N5O3.C20H25N5O2/c1-7-10-11-20-24(33-15-14-32-6)27-23-22(18(5)28-30(23)25(20)31)26-21-13-12-19(16-17(21)4)29(8-2)9-3;1-7-24(8-2)15-9-10-16(17(11-15)27-6)22-18-14(5)23-25-19(18)21-13(4)12(3)20(25)26/h12-13,16H,7-11,14-15H2,1-6H3;9-11H,7-8H2,1-6H3. The van der Waals surface area contributed by atoms with Crippen LogP contribution in [0.5, 0.6) is 11.6 Å². The third-order valence-corrected chi connectivity index (χ3v) is 10.6. The van der Waals surface area contributed by atoms with Crippen LogP contribution in [0, 0.1) is 20.8 Å². The molecule has 0 amide bonds. The number of anilines is 2. The highest BCUT2D eigenvalue weighted by molar-refractivity contribution is 6.49. The predicted molar refractivity (Wildman–Crippen MR) is 243 cm³/mol. The summed E-state index contributed by atoms with van der Waals surface area (Å²) in [5, 5.41) is 8.81. The maximum absolute atomic E-state index is 13.3. The average Bonchev–Trinajstić information content (AvgIpc) is 3.73. The van der Waals surface area contributed by atoms with Gasteiger partial charge in [0.25, 0.3) is 11.1 Å². The van der Waals surface area contributed by atoms with Gasteiger partial charge in [0.15, 0.2) is 11.6 Å². The summed E-state index contributed by atoms with van der Waals surface area (Å²) in [6.07, 6.45) is 2.44. The molecular formula is C45H60N10O5. The van der Waals surface area contributed by atoms with Crippen LogP contribution in [0.1, 0.15) is 95.3 Å². The van der Waals surface area contributed by atoms with E-state index in [2.05, 4.69) is 71.7 Å². The Morgan fingerprint density at radius 2 is 1.23 bits per heavy atom. The predicted octanol–water partition coefficient (Wildman–Crippen LogP) is 7.20. The van der Waals surface area contributed by atoms with Crippen molar-refractivity contribution in [3.8, 4) is 11.6 Å². The quantitative estimate of drug-likeness (QED) is 0.107. The fourth-order valence-electron chi connectivity index (χ4n) is 6.94. The van der Waals surface area contributed by atoms with E-state index in [0.717, 1.165) is 56.0 Å². The van der Waals surface area contributed by atoms with Gasteiger partial charge in [0, 0.05) is 62.0 Å². The number of hydrogen-bond acceptors (Lipinski definition) is 13. The first-order valence-electron chi connectivity index (χ1n) is 20.8. The highest BCUT2D eigenvalue weighted by Gasteiger charge is 2.28. The maximum atomic E-state index is 13.3. The Labute approximate surface area is 353 Å². The summed E-state index contributed by atoms with van der Waals surface area (Å²) in [4.78, 5) is 49.1. The number of rotatable bonds is 16. The van der Waals surface area contributed by atoms with Gasteiger partial charge in [0.2, 0.25) is 5.88 Å². The van der Waals surface area contributed by atoms with E-state index in [0.29, 0.717) is 88.3 Å². The lowest BCUT2D eigenvalue weighted by Crippen LogP contribution is -2.26. The van der Waals surface area contributed by atoms with Crippen molar-refractivity contribution < 1.29 is 14.2 Å². The fraction of sp³-hybridized carbons (Fsp3) is 0.467. The Morgan fingerprint density at radius 3 is 1.78 bits per heavy atom. The number of aliphatic imine (C=N–C) groups is 2. The minimum atomic E-state index is -0.195. The number of nitrogens with zero attached hydrogens (tertiary/aromatic N) is 10. The molecule has 0 unspecified atom stereocenters. The number of aromatic nitrogens is 4. The summed E-state index contributed by atoms with van der Waals surface area (Å²) < 4.78 is 19.2. The highest BCUT2D eigenvalue weighted by atomic mass is 16.5. The second kappa shape index (κ2) is 20.3. The Balaban J connectivity index is 0.000000232. The van der Waals surface area contributed by atoms with Gasteiger partial charge in [-0.1, -0.05) is 13.3 Å². The van der Waals surface area contributed by atoms with Crippen molar-refractivity contribution in [1.82, 2.24) is 19.3 Å². The van der Waals surface area contributed by atoms with E-state index in [4.69, 9.17) is 29.2 Å². The van der Waals surface area contributed by atoms with Crippen molar-refractivity contribution in [2.75, 3.05) is 63.4 Å². The molecule has 15 heteroatoms. The smallest absolute Gasteiger partial charge is 0.281 e. The summed E-state index contributed by atoms with van der Waals surface area (Å²) >= 11 is 0. The van der Waals surface area contributed by atoms with Crippen LogP contribution in [0.15, 0.2) is 66.2 Å². The summed E-state index contributed by atoms with van der Waals surface area (Å²) in [5.74, 6) is 1.90. The molecule has 2 aliphatic heterocycles. The van der Waals surface area contributed by atoms with Crippen molar-refractivity contribution in [3.63, 3.8) is 0 Å². The molecule has 0 atom stereocenters. The normalized spacial score (nSPS) is 14.1. The summed E-state index contributed by atoms with van der Waals surface area (Å²) in [6, 6.07) is 12.2. The van der Waals surface area contributed by atoms with E-state index >= 15 is 0 Å². The van der Waals surface area contributed by atoms with Crippen molar-refractivity contribution in [1.29, 1.82) is 0 Å². The van der Waals surface area contributed by atoms with Gasteiger partial charge in [0.1, 0.15) is 29.5 Å². The Morgan fingerprint density at radius 1 is 0.683 bits per heavy atom. The zero-order valence-electron chi connectivity index (χ0n) is 37.3. The number of methoxy groups -OCH3 is 2. The van der Waals surface area contributed by atoms with E-state index < -0.39 is 0 Å². The second-order valence-corrected chi connectivity index (χ2v) is 14.5. The lowest BCUT2D eigenvalue weighted by atomic mass is 10.1. The molecule has 2 aromatic heterocycles. The third-order valence-electron chi connectivity index (χ3n) is 10.6. The molecule has 4 aromatic rings. The second-order valence-electron chi connectivity index (χ2n) is 14.5. The Kier molecular flexibility index (Phi) is 15.3. The first-order chi connectivity index (χ1) is 28.8. The molecule has 0 bridgehead atoms. The molecule has 2 aromatic carbocycles. The fourth-order valence-corrected chi connectivity index (χ4v) is 6.94. The van der Waals surface area contributed by atoms with Crippen molar-refractivity contribution in [3.05, 3.63) is 91.1 Å². The van der Waals surface area contributed by atoms with Gasteiger partial charge in [-0.15, -0.1) is 0 Å². The lowest BCUT2D eigenvalue weighted by molar-refractivity contribution is 0.142. The molecule has 0 radical (unpaired) electrons. The van der Waals surface area contributed by atoms with Gasteiger partial charge < -0.3 is 24.0 Å². The minimum Gasteiger partial charge on any atom is -0.494 e. The third kappa shape index (κ3) is 9.57. The molecule has 6 rings (SSSR count). The molecule has 0 N–H and O–H groups in total. The maximum Gasteiger partial charge on any atom is 0.281 e. The van der Waals surface area contributed by atoms with E-state index in [9.17, 15) is 9.59 Å². The lowest BCUT2D eigenvalue weighted by Gasteiger charge is -2.22. The topological polar surface area (TPSA) is 153 Å². The first kappa shape index (κ1) is 45.1. The molecule has 320 valence electrons. The molecular weight excluding hydrogens is 761 g/mol. The van der Waals surface area contributed by atoms with Gasteiger partial charge >= 0.3 is 0 Å². The van der Waals surface area contributed by atoms with Crippen LogP contribution in [0.25, 0.3) is 0 Å². The van der Waals surface area contributed by atoms with E-state index in [1.807, 2.05) is 52.0 Å². The summed E-state index contributed by atoms with van der Waals surface area (Å²) in [6.45, 7) is 24.4. The molecule has 0 aliphatic carbocycles. The Bertz CT molecular complexity index is 2440. The number of unbranched alkanes of at least 4 members (excludes halogenated alkanes) is 1. The number of benzene rings is 2. The molecule has 15 nitrogen and oxygen atoms in total. The molecule has 0 fully saturated rings. The van der Waals surface area contributed by atoms with Crippen LogP contribution >= 0.6 is 0 Å². The van der Waals surface area contributed by atoms with Crippen LogP contribution in [-0.2, 0) is 11.2 Å². The number of ether oxygens (including phenoxy) is 3. The van der Waals surface area contributed by atoms with Crippen LogP contribution in [0.4, 0.5) is 22.7 Å². The van der Waals surface area contributed by atoms with Gasteiger partial charge in [-0.3, -0.25) is 9.59 Å². The molecule has 4 heterocycles. The molecule has 60 heavy (non-hydrogen) atoms. The molecule has 0 saturated heterocycles. The zero-order chi connectivity index (χ0) is 43.7. The van der Waals surface area contributed by atoms with Crippen LogP contribution in [-0.4, -0.2) is 95.8 Å². The van der Waals surface area contributed by atoms with Crippen molar-refractivity contribution in [2.24, 2.45) is 20.2 Å². The number of fused-ring (bicyclic) bond motifs is 2. The molecule has 0 saturated carbocycles. The largest absolute Gasteiger partial charge is 0.494 e. The van der Waals surface area contributed by atoms with Crippen LogP contribution in [0.3, 0.4) is 0 Å². The van der Waals surface area contributed by atoms with Crippen LogP contribution < -0.4 is 30.4 Å². The minimum absolute atomic E-state index is 0.161. The number of hydrogen-bond donors (Lipinski definition) is 0. The van der Waals surface area contributed by atoms with Crippen molar-refractivity contribution >= 4 is 45.6 Å². The van der Waals surface area contributed by atoms with Gasteiger partial charge in [0.05, 0.1) is 36.4 Å². The Hall–Kier alpha value is -5.96. The SMILES string of the molecule is CCCCc1c(OCCOC)nc2n(c1=O)N=C(C)C2=Nc1ccc(N(CC)CC)cc1C.CCN(CC)c1ccc(N=C2C(C)=Nn3c2nc(C)c(C)c3=O)c(OC)c1.